The summed E-state index contributed by atoms with van der Waals surface area (Å²) in [6.07, 6.45) is 15.0. The lowest BCUT2D eigenvalue weighted by Crippen LogP contribution is -2.30. The third kappa shape index (κ3) is 20.1. The first kappa shape index (κ1) is 44.4. The smallest absolute Gasteiger partial charge is 0.429 e. The van der Waals surface area contributed by atoms with Gasteiger partial charge in [0.05, 0.1) is 13.2 Å². The van der Waals surface area contributed by atoms with Gasteiger partial charge in [0.2, 0.25) is 0 Å². The van der Waals surface area contributed by atoms with Crippen molar-refractivity contribution in [1.82, 2.24) is 0 Å². The fraction of sp³-hybridized carbons (Fsp3) is 0.947. The maximum Gasteiger partial charge on any atom is 0.542 e. The van der Waals surface area contributed by atoms with Crippen molar-refractivity contribution in [3.05, 3.63) is 0 Å². The van der Waals surface area contributed by atoms with Crippen LogP contribution in [0.3, 0.4) is 0 Å². The molecule has 2 fully saturated rings. The molecule has 0 aromatic carbocycles. The summed E-state index contributed by atoms with van der Waals surface area (Å²) in [4.78, 5) is 42.3. The minimum Gasteiger partial charge on any atom is -0.429 e. The highest BCUT2D eigenvalue weighted by Gasteiger charge is 2.32. The van der Waals surface area contributed by atoms with Crippen LogP contribution in [0.2, 0.25) is 0 Å². The van der Waals surface area contributed by atoms with Crippen molar-refractivity contribution in [2.75, 3.05) is 13.2 Å². The number of rotatable bonds is 18. The molecule has 0 saturated heterocycles. The Balaban J connectivity index is 0.000000480. The SMILES string of the molecule is CCCCC(CC)COOOC(=O)OC1CCC(C(C)(C)C)CC1.CCCCC(CC)COOOC(=O)OC1CCC(C(C)(C)C)CC1. The topological polar surface area (TPSA) is 108 Å². The van der Waals surface area contributed by atoms with Gasteiger partial charge in [-0.3, -0.25) is 0 Å². The van der Waals surface area contributed by atoms with E-state index in [-0.39, 0.29) is 12.2 Å². The molecular formula is C38H72O10. The van der Waals surface area contributed by atoms with Crippen LogP contribution >= 0.6 is 0 Å². The van der Waals surface area contributed by atoms with Gasteiger partial charge < -0.3 is 9.47 Å². The summed E-state index contributed by atoms with van der Waals surface area (Å²) in [6.45, 7) is 23.0. The third-order valence-electron chi connectivity index (χ3n) is 10.3. The van der Waals surface area contributed by atoms with Gasteiger partial charge in [0, 0.05) is 0 Å². The molecule has 2 rings (SSSR count). The maximum absolute atomic E-state index is 11.6. The first-order chi connectivity index (χ1) is 22.7. The Hall–Kier alpha value is -1.62. The van der Waals surface area contributed by atoms with Gasteiger partial charge in [0.1, 0.15) is 12.2 Å². The second-order valence-electron chi connectivity index (χ2n) is 16.1. The highest BCUT2D eigenvalue weighted by atomic mass is 17.5. The summed E-state index contributed by atoms with van der Waals surface area (Å²) in [7, 11) is 0. The molecule has 10 heteroatoms. The molecule has 2 atom stereocenters. The predicted molar refractivity (Wildman–Crippen MR) is 186 cm³/mol. The predicted octanol–water partition coefficient (Wildman–Crippen LogP) is 11.6. The largest absolute Gasteiger partial charge is 0.542 e. The third-order valence-corrected chi connectivity index (χ3v) is 10.3. The van der Waals surface area contributed by atoms with Crippen LogP contribution in [0, 0.1) is 34.5 Å². The molecule has 2 unspecified atom stereocenters. The molecule has 0 bridgehead atoms. The number of unbranched alkanes of at least 4 members (excludes halogenated alkanes) is 2. The number of hydrogen-bond donors (Lipinski definition) is 0. The summed E-state index contributed by atoms with van der Waals surface area (Å²) in [5.74, 6) is 2.22. The van der Waals surface area contributed by atoms with E-state index in [0.717, 1.165) is 89.9 Å². The monoisotopic (exact) mass is 689 g/mol. The zero-order valence-electron chi connectivity index (χ0n) is 32.3. The van der Waals surface area contributed by atoms with Crippen LogP contribution < -0.4 is 0 Å². The highest BCUT2D eigenvalue weighted by molar-refractivity contribution is 5.59. The van der Waals surface area contributed by atoms with E-state index in [2.05, 4.69) is 89.1 Å². The Labute approximate surface area is 292 Å². The van der Waals surface area contributed by atoms with Gasteiger partial charge in [-0.25, -0.2) is 19.4 Å². The average Bonchev–Trinajstić information content (AvgIpc) is 3.04. The molecule has 0 heterocycles. The lowest BCUT2D eigenvalue weighted by molar-refractivity contribution is -0.489. The quantitative estimate of drug-likeness (QED) is 0.0597. The van der Waals surface area contributed by atoms with Crippen molar-refractivity contribution >= 4 is 12.3 Å². The Morgan fingerprint density at radius 2 is 0.896 bits per heavy atom. The van der Waals surface area contributed by atoms with Gasteiger partial charge in [0.25, 0.3) is 0 Å². The second-order valence-corrected chi connectivity index (χ2v) is 16.1. The standard InChI is InChI=1S/2C19H36O5/c2*1-6-8-9-15(7-2)14-21-24-23-18(20)22-17-12-10-16(11-13-17)19(3,4)5/h2*15-17H,6-14H2,1-5H3. The van der Waals surface area contributed by atoms with E-state index >= 15 is 0 Å². The van der Waals surface area contributed by atoms with E-state index < -0.39 is 12.3 Å². The van der Waals surface area contributed by atoms with Gasteiger partial charge in [-0.15, -0.1) is 0 Å². The van der Waals surface area contributed by atoms with Crippen molar-refractivity contribution in [3.63, 3.8) is 0 Å². The molecule has 2 aliphatic rings. The van der Waals surface area contributed by atoms with E-state index in [4.69, 9.17) is 19.2 Å². The minimum absolute atomic E-state index is 0.0763. The van der Waals surface area contributed by atoms with Crippen molar-refractivity contribution < 1.29 is 48.7 Å². The fourth-order valence-electron chi connectivity index (χ4n) is 6.55. The van der Waals surface area contributed by atoms with Crippen molar-refractivity contribution in [2.24, 2.45) is 34.5 Å². The maximum atomic E-state index is 11.6. The number of hydrogen-bond acceptors (Lipinski definition) is 10. The zero-order valence-corrected chi connectivity index (χ0v) is 32.3. The summed E-state index contributed by atoms with van der Waals surface area (Å²) >= 11 is 0. The molecule has 284 valence electrons. The molecule has 0 spiro atoms. The molecule has 48 heavy (non-hydrogen) atoms. The first-order valence-electron chi connectivity index (χ1n) is 19.1. The van der Waals surface area contributed by atoms with Crippen molar-refractivity contribution in [2.45, 2.75) is 184 Å². The molecule has 0 N–H and O–H groups in total. The van der Waals surface area contributed by atoms with Gasteiger partial charge in [-0.05, 0) is 109 Å². The fourth-order valence-corrected chi connectivity index (χ4v) is 6.55. The highest BCUT2D eigenvalue weighted by Crippen LogP contribution is 2.39. The number of carbonyl (C=O) groups excluding carboxylic acids is 2. The summed E-state index contributed by atoms with van der Waals surface area (Å²) in [6, 6.07) is 0. The normalized spacial score (nSPS) is 22.9. The van der Waals surface area contributed by atoms with Crippen LogP contribution in [0.4, 0.5) is 9.59 Å². The number of carbonyl (C=O) groups is 2. The van der Waals surface area contributed by atoms with Crippen molar-refractivity contribution in [3.8, 4) is 0 Å². The number of ether oxygens (including phenoxy) is 2. The van der Waals surface area contributed by atoms with Crippen LogP contribution in [0.5, 0.6) is 0 Å². The van der Waals surface area contributed by atoms with Crippen LogP contribution in [0.25, 0.3) is 0 Å². The Bertz CT molecular complexity index is 752. The van der Waals surface area contributed by atoms with Crippen LogP contribution in [0.1, 0.15) is 172 Å². The van der Waals surface area contributed by atoms with Gasteiger partial charge in [-0.2, -0.15) is 9.78 Å². The molecular weight excluding hydrogens is 616 g/mol. The Morgan fingerprint density at radius 3 is 1.17 bits per heavy atom. The van der Waals surface area contributed by atoms with E-state index in [1.165, 1.54) is 12.8 Å². The molecule has 2 aliphatic carbocycles. The zero-order chi connectivity index (χ0) is 36.0. The Morgan fingerprint density at radius 1 is 0.562 bits per heavy atom. The molecule has 0 amide bonds. The molecule has 2 saturated carbocycles. The molecule has 0 aliphatic heterocycles. The lowest BCUT2D eigenvalue weighted by atomic mass is 9.72. The minimum atomic E-state index is -0.809. The van der Waals surface area contributed by atoms with Crippen LogP contribution in [-0.2, 0) is 39.1 Å². The van der Waals surface area contributed by atoms with Crippen molar-refractivity contribution in [1.29, 1.82) is 0 Å². The summed E-state index contributed by atoms with van der Waals surface area (Å²) in [5.41, 5.74) is 0.631. The molecule has 10 nitrogen and oxygen atoms in total. The van der Waals surface area contributed by atoms with E-state index in [1.54, 1.807) is 0 Å². The van der Waals surface area contributed by atoms with Crippen LogP contribution in [0.15, 0.2) is 0 Å². The second kappa shape index (κ2) is 24.5. The van der Waals surface area contributed by atoms with Gasteiger partial charge in [-0.1, -0.05) is 108 Å². The van der Waals surface area contributed by atoms with E-state index in [9.17, 15) is 9.59 Å². The summed E-state index contributed by atoms with van der Waals surface area (Å²) in [5, 5.41) is 9.10. The first-order valence-corrected chi connectivity index (χ1v) is 19.1. The lowest BCUT2D eigenvalue weighted by Gasteiger charge is -2.36. The van der Waals surface area contributed by atoms with Crippen LogP contribution in [-0.4, -0.2) is 37.7 Å². The molecule has 0 aromatic rings. The van der Waals surface area contributed by atoms with E-state index in [1.807, 2.05) is 0 Å². The van der Waals surface area contributed by atoms with Gasteiger partial charge in [0.15, 0.2) is 0 Å². The summed E-state index contributed by atoms with van der Waals surface area (Å²) < 4.78 is 10.6. The van der Waals surface area contributed by atoms with Gasteiger partial charge >= 0.3 is 12.3 Å². The Kier molecular flexibility index (Phi) is 22.7. The van der Waals surface area contributed by atoms with E-state index in [0.29, 0.717) is 47.7 Å². The molecule has 0 radical (unpaired) electrons. The molecule has 0 aromatic heterocycles. The average molecular weight is 689 g/mol.